The van der Waals surface area contributed by atoms with Crippen LogP contribution in [0.5, 0.6) is 0 Å². The number of nitrogens with zero attached hydrogens (tertiary/aromatic N) is 1. The molecule has 0 aromatic rings. The molecule has 0 spiro atoms. The second-order valence-electron chi connectivity index (χ2n) is 6.21. The fraction of sp³-hybridized carbons (Fsp3) is 1.00. The molecule has 0 saturated carbocycles. The average Bonchev–Trinajstić information content (AvgIpc) is 1.80. The molecule has 0 aromatic heterocycles. The van der Waals surface area contributed by atoms with Crippen LogP contribution in [0.2, 0.25) is 0 Å². The average molecular weight is 185 g/mol. The zero-order chi connectivity index (χ0) is 10.9. The van der Waals surface area contributed by atoms with Crippen molar-refractivity contribution in [2.75, 3.05) is 13.6 Å². The highest BCUT2D eigenvalue weighted by Crippen LogP contribution is 2.36. The molecular formula is C12H27N. The summed E-state index contributed by atoms with van der Waals surface area (Å²) in [5.74, 6) is 0. The Morgan fingerprint density at radius 3 is 1.31 bits per heavy atom. The number of hydrogen-bond acceptors (Lipinski definition) is 1. The van der Waals surface area contributed by atoms with Crippen LogP contribution in [-0.4, -0.2) is 24.5 Å². The second-order valence-corrected chi connectivity index (χ2v) is 6.21. The van der Waals surface area contributed by atoms with E-state index in [-0.39, 0.29) is 0 Å². The van der Waals surface area contributed by atoms with Crippen molar-refractivity contribution in [3.05, 3.63) is 0 Å². The van der Waals surface area contributed by atoms with Crippen LogP contribution in [0.3, 0.4) is 0 Å². The topological polar surface area (TPSA) is 3.24 Å². The van der Waals surface area contributed by atoms with Gasteiger partial charge in [-0.2, -0.15) is 0 Å². The summed E-state index contributed by atoms with van der Waals surface area (Å²) in [5, 5.41) is 0. The zero-order valence-corrected chi connectivity index (χ0v) is 10.7. The van der Waals surface area contributed by atoms with Crippen LogP contribution in [0.1, 0.15) is 48.5 Å². The smallest absolute Gasteiger partial charge is 0.0189 e. The molecule has 0 fully saturated rings. The van der Waals surface area contributed by atoms with Gasteiger partial charge in [0.1, 0.15) is 0 Å². The summed E-state index contributed by atoms with van der Waals surface area (Å²) in [5.41, 5.74) is 0.700. The normalized spacial score (nSPS) is 14.3. The molecular weight excluding hydrogens is 158 g/mol. The van der Waals surface area contributed by atoms with Crippen molar-refractivity contribution in [1.29, 1.82) is 0 Å². The lowest BCUT2D eigenvalue weighted by molar-refractivity contribution is 0.0384. The van der Waals surface area contributed by atoms with E-state index < -0.39 is 0 Å². The third kappa shape index (κ3) is 3.68. The lowest BCUT2D eigenvalue weighted by Gasteiger charge is -2.46. The first-order valence-corrected chi connectivity index (χ1v) is 5.31. The van der Waals surface area contributed by atoms with E-state index >= 15 is 0 Å². The van der Waals surface area contributed by atoms with Gasteiger partial charge in [0.25, 0.3) is 0 Å². The summed E-state index contributed by atoms with van der Waals surface area (Å²) in [4.78, 5) is 2.46. The van der Waals surface area contributed by atoms with E-state index in [2.05, 4.69) is 60.4 Å². The molecule has 0 atom stereocenters. The maximum atomic E-state index is 2.46. The molecule has 1 heteroatoms. The van der Waals surface area contributed by atoms with Crippen molar-refractivity contribution < 1.29 is 0 Å². The van der Waals surface area contributed by atoms with Gasteiger partial charge in [0.05, 0.1) is 0 Å². The fourth-order valence-corrected chi connectivity index (χ4v) is 2.80. The molecule has 0 saturated heterocycles. The Balaban J connectivity index is 4.78. The third-order valence-corrected chi connectivity index (χ3v) is 2.58. The molecule has 0 heterocycles. The van der Waals surface area contributed by atoms with Gasteiger partial charge < -0.3 is 4.90 Å². The van der Waals surface area contributed by atoms with Gasteiger partial charge in [-0.05, 0) is 24.4 Å². The largest absolute Gasteiger partial charge is 0.303 e. The van der Waals surface area contributed by atoms with Gasteiger partial charge in [0.15, 0.2) is 0 Å². The van der Waals surface area contributed by atoms with Crippen LogP contribution in [0, 0.1) is 10.8 Å². The van der Waals surface area contributed by atoms with Crippen molar-refractivity contribution in [2.45, 2.75) is 54.5 Å². The van der Waals surface area contributed by atoms with Gasteiger partial charge >= 0.3 is 0 Å². The molecule has 0 unspecified atom stereocenters. The molecule has 0 aromatic carbocycles. The minimum Gasteiger partial charge on any atom is -0.303 e. The molecule has 0 bridgehead atoms. The molecule has 0 radical (unpaired) electrons. The summed E-state index contributed by atoms with van der Waals surface area (Å²) in [6.07, 6.45) is 0. The van der Waals surface area contributed by atoms with Crippen LogP contribution >= 0.6 is 0 Å². The highest BCUT2D eigenvalue weighted by atomic mass is 15.1. The molecule has 0 amide bonds. The van der Waals surface area contributed by atoms with E-state index in [9.17, 15) is 0 Å². The van der Waals surface area contributed by atoms with Crippen molar-refractivity contribution in [3.63, 3.8) is 0 Å². The third-order valence-electron chi connectivity index (χ3n) is 2.58. The monoisotopic (exact) mass is 185 g/mol. The summed E-state index contributed by atoms with van der Waals surface area (Å²) in [7, 11) is 2.22. The predicted octanol–water partition coefficient (Wildman–Crippen LogP) is 3.40. The van der Waals surface area contributed by atoms with Crippen LogP contribution in [0.15, 0.2) is 0 Å². The van der Waals surface area contributed by atoms with E-state index in [4.69, 9.17) is 0 Å². The predicted molar refractivity (Wildman–Crippen MR) is 61.0 cm³/mol. The Bertz CT molecular complexity index is 133. The minimum absolute atomic E-state index is 0.350. The van der Waals surface area contributed by atoms with E-state index in [1.54, 1.807) is 0 Å². The van der Waals surface area contributed by atoms with Gasteiger partial charge in [-0.15, -0.1) is 0 Å². The SMILES string of the molecule is CCN(C)C(C(C)(C)C)C(C)(C)C. The van der Waals surface area contributed by atoms with E-state index in [0.29, 0.717) is 16.9 Å². The Labute approximate surface area is 84.5 Å². The lowest BCUT2D eigenvalue weighted by Crippen LogP contribution is -2.49. The molecule has 13 heavy (non-hydrogen) atoms. The molecule has 0 aliphatic carbocycles. The molecule has 80 valence electrons. The van der Waals surface area contributed by atoms with Crippen molar-refractivity contribution in [3.8, 4) is 0 Å². The summed E-state index contributed by atoms with van der Waals surface area (Å²) in [6, 6.07) is 0.630. The summed E-state index contributed by atoms with van der Waals surface area (Å²) < 4.78 is 0. The quantitative estimate of drug-likeness (QED) is 0.637. The standard InChI is InChI=1S/C12H27N/c1-9-13(8)10(11(2,3)4)12(5,6)7/h10H,9H2,1-8H3. The van der Waals surface area contributed by atoms with E-state index in [0.717, 1.165) is 6.54 Å². The van der Waals surface area contributed by atoms with Gasteiger partial charge in [0.2, 0.25) is 0 Å². The van der Waals surface area contributed by atoms with E-state index in [1.165, 1.54) is 0 Å². The molecule has 1 nitrogen and oxygen atoms in total. The maximum Gasteiger partial charge on any atom is 0.0189 e. The van der Waals surface area contributed by atoms with Crippen molar-refractivity contribution >= 4 is 0 Å². The Hall–Kier alpha value is -0.0400. The molecule has 0 N–H and O–H groups in total. The molecule has 0 aliphatic rings. The van der Waals surface area contributed by atoms with Crippen LogP contribution in [-0.2, 0) is 0 Å². The Morgan fingerprint density at radius 2 is 1.23 bits per heavy atom. The highest BCUT2D eigenvalue weighted by molar-refractivity contribution is 4.90. The van der Waals surface area contributed by atoms with Gasteiger partial charge in [-0.25, -0.2) is 0 Å². The van der Waals surface area contributed by atoms with Crippen LogP contribution in [0.25, 0.3) is 0 Å². The molecule has 0 aliphatic heterocycles. The Morgan fingerprint density at radius 1 is 0.923 bits per heavy atom. The number of rotatable bonds is 2. The van der Waals surface area contributed by atoms with Gasteiger partial charge in [-0.3, -0.25) is 0 Å². The van der Waals surface area contributed by atoms with Gasteiger partial charge in [0, 0.05) is 6.04 Å². The van der Waals surface area contributed by atoms with Crippen LogP contribution < -0.4 is 0 Å². The Kier molecular flexibility index (Phi) is 3.98. The van der Waals surface area contributed by atoms with E-state index in [1.807, 2.05) is 0 Å². The molecule has 0 rings (SSSR count). The maximum absolute atomic E-state index is 2.46. The fourth-order valence-electron chi connectivity index (χ4n) is 2.80. The zero-order valence-electron chi connectivity index (χ0n) is 10.7. The lowest BCUT2D eigenvalue weighted by atomic mass is 9.71. The highest BCUT2D eigenvalue weighted by Gasteiger charge is 2.36. The number of hydrogen-bond donors (Lipinski definition) is 0. The van der Waals surface area contributed by atoms with Gasteiger partial charge in [-0.1, -0.05) is 48.5 Å². The van der Waals surface area contributed by atoms with Crippen molar-refractivity contribution in [2.24, 2.45) is 10.8 Å². The first-order chi connectivity index (χ1) is 5.60. The summed E-state index contributed by atoms with van der Waals surface area (Å²) in [6.45, 7) is 17.3. The minimum atomic E-state index is 0.350. The summed E-state index contributed by atoms with van der Waals surface area (Å²) >= 11 is 0. The van der Waals surface area contributed by atoms with Crippen LogP contribution in [0.4, 0.5) is 0 Å². The first-order valence-electron chi connectivity index (χ1n) is 5.31. The second kappa shape index (κ2) is 4.00. The first kappa shape index (κ1) is 13.0. The van der Waals surface area contributed by atoms with Crippen molar-refractivity contribution in [1.82, 2.24) is 4.90 Å².